The van der Waals surface area contributed by atoms with Gasteiger partial charge in [-0.3, -0.25) is 4.79 Å². The van der Waals surface area contributed by atoms with E-state index in [-0.39, 0.29) is 20.0 Å². The van der Waals surface area contributed by atoms with E-state index in [4.69, 9.17) is 34.8 Å². The first-order valence-electron chi connectivity index (χ1n) is 5.19. The van der Waals surface area contributed by atoms with Crippen LogP contribution in [0.3, 0.4) is 0 Å². The van der Waals surface area contributed by atoms with E-state index < -0.39 is 22.5 Å². The molecule has 19 heavy (non-hydrogen) atoms. The molecule has 0 aliphatic heterocycles. The van der Waals surface area contributed by atoms with E-state index in [0.29, 0.717) is 6.54 Å². The summed E-state index contributed by atoms with van der Waals surface area (Å²) in [6.45, 7) is 1.73. The number of amides is 1. The summed E-state index contributed by atoms with van der Waals surface area (Å²) in [5.74, 6) is -0.452. The summed E-state index contributed by atoms with van der Waals surface area (Å²) in [7, 11) is -3.99. The molecule has 5 nitrogen and oxygen atoms in total. The van der Waals surface area contributed by atoms with Gasteiger partial charge in [-0.1, -0.05) is 34.8 Å². The van der Waals surface area contributed by atoms with Gasteiger partial charge in [0.2, 0.25) is 15.9 Å². The maximum absolute atomic E-state index is 12.0. The van der Waals surface area contributed by atoms with E-state index in [1.807, 2.05) is 0 Å². The highest BCUT2D eigenvalue weighted by atomic mass is 35.5. The number of carbonyl (C=O) groups excluding carboxylic acids is 1. The van der Waals surface area contributed by atoms with Gasteiger partial charge < -0.3 is 5.32 Å². The van der Waals surface area contributed by atoms with Gasteiger partial charge in [0.1, 0.15) is 4.90 Å². The average Bonchev–Trinajstić information content (AvgIpc) is 2.25. The monoisotopic (exact) mass is 344 g/mol. The Morgan fingerprint density at radius 3 is 2.21 bits per heavy atom. The van der Waals surface area contributed by atoms with Gasteiger partial charge >= 0.3 is 0 Å². The second-order valence-corrected chi connectivity index (χ2v) is 6.43. The van der Waals surface area contributed by atoms with E-state index in [9.17, 15) is 13.2 Å². The molecule has 2 N–H and O–H groups in total. The first kappa shape index (κ1) is 16.5. The highest BCUT2D eigenvalue weighted by Gasteiger charge is 2.22. The van der Waals surface area contributed by atoms with Crippen molar-refractivity contribution in [3.63, 3.8) is 0 Å². The van der Waals surface area contributed by atoms with Crippen LogP contribution in [0.2, 0.25) is 15.1 Å². The first-order chi connectivity index (χ1) is 8.77. The van der Waals surface area contributed by atoms with Crippen molar-refractivity contribution >= 4 is 50.7 Å². The molecule has 106 valence electrons. The fourth-order valence-electron chi connectivity index (χ4n) is 1.28. The Hall–Kier alpha value is -0.530. The van der Waals surface area contributed by atoms with Crippen LogP contribution >= 0.6 is 34.8 Å². The third kappa shape index (κ3) is 4.50. The molecule has 0 aliphatic carbocycles. The van der Waals surface area contributed by atoms with E-state index in [0.717, 1.165) is 0 Å². The van der Waals surface area contributed by atoms with Crippen molar-refractivity contribution in [2.75, 3.05) is 13.1 Å². The Kier molecular flexibility index (Phi) is 5.88. The standard InChI is InChI=1S/C10H11Cl3N2O3S/c1-2-14-9(16)5-15-19(17,18)10-7(12)3-6(11)4-8(10)13/h3-4,15H,2,5H2,1H3,(H,14,16). The number of sulfonamides is 1. The van der Waals surface area contributed by atoms with Crippen molar-refractivity contribution in [3.05, 3.63) is 27.2 Å². The molecule has 0 atom stereocenters. The SMILES string of the molecule is CCNC(=O)CNS(=O)(=O)c1c(Cl)cc(Cl)cc1Cl. The Morgan fingerprint density at radius 2 is 1.74 bits per heavy atom. The highest BCUT2D eigenvalue weighted by Crippen LogP contribution is 2.32. The van der Waals surface area contributed by atoms with Crippen LogP contribution in [0.5, 0.6) is 0 Å². The summed E-state index contributed by atoms with van der Waals surface area (Å²) < 4.78 is 26.1. The average molecular weight is 346 g/mol. The molecule has 0 fully saturated rings. The van der Waals surface area contributed by atoms with Gasteiger partial charge in [0, 0.05) is 11.6 Å². The molecular weight excluding hydrogens is 335 g/mol. The molecule has 0 bridgehead atoms. The Balaban J connectivity index is 2.98. The molecule has 0 unspecified atom stereocenters. The second kappa shape index (κ2) is 6.76. The summed E-state index contributed by atoms with van der Waals surface area (Å²) >= 11 is 17.3. The van der Waals surface area contributed by atoms with Crippen molar-refractivity contribution < 1.29 is 13.2 Å². The van der Waals surface area contributed by atoms with E-state index >= 15 is 0 Å². The fraction of sp³-hybridized carbons (Fsp3) is 0.300. The van der Waals surface area contributed by atoms with Crippen LogP contribution < -0.4 is 10.0 Å². The third-order valence-corrected chi connectivity index (χ3v) is 4.57. The van der Waals surface area contributed by atoms with Crippen LogP contribution in [-0.4, -0.2) is 27.4 Å². The van der Waals surface area contributed by atoms with E-state index in [2.05, 4.69) is 10.0 Å². The topological polar surface area (TPSA) is 75.3 Å². The lowest BCUT2D eigenvalue weighted by atomic mass is 10.4. The number of likely N-dealkylation sites (N-methyl/N-ethyl adjacent to an activating group) is 1. The zero-order valence-corrected chi connectivity index (χ0v) is 12.9. The zero-order chi connectivity index (χ0) is 14.6. The molecule has 0 aromatic heterocycles. The number of hydrogen-bond donors (Lipinski definition) is 2. The Bertz CT molecular complexity index is 567. The molecule has 0 spiro atoms. The second-order valence-electron chi connectivity index (χ2n) is 3.48. The van der Waals surface area contributed by atoms with Crippen LogP contribution in [0, 0.1) is 0 Å². The van der Waals surface area contributed by atoms with Gasteiger partial charge in [-0.25, -0.2) is 13.1 Å². The van der Waals surface area contributed by atoms with Crippen LogP contribution in [0.1, 0.15) is 6.92 Å². The van der Waals surface area contributed by atoms with E-state index in [1.165, 1.54) is 12.1 Å². The van der Waals surface area contributed by atoms with Crippen molar-refractivity contribution in [3.8, 4) is 0 Å². The number of halogens is 3. The Morgan fingerprint density at radius 1 is 1.21 bits per heavy atom. The van der Waals surface area contributed by atoms with Crippen molar-refractivity contribution in [2.45, 2.75) is 11.8 Å². The van der Waals surface area contributed by atoms with Crippen LogP contribution in [0.25, 0.3) is 0 Å². The fourth-order valence-corrected chi connectivity index (χ4v) is 3.80. The predicted octanol–water partition coefficient (Wildman–Crippen LogP) is 2.06. The van der Waals surface area contributed by atoms with E-state index in [1.54, 1.807) is 6.92 Å². The normalized spacial score (nSPS) is 11.4. The predicted molar refractivity (Wildman–Crippen MR) is 75.3 cm³/mol. The zero-order valence-electron chi connectivity index (χ0n) is 9.84. The van der Waals surface area contributed by atoms with Gasteiger partial charge in [-0.15, -0.1) is 0 Å². The molecule has 0 radical (unpaired) electrons. The third-order valence-electron chi connectivity index (χ3n) is 2.03. The summed E-state index contributed by atoms with van der Waals surface area (Å²) in [6, 6.07) is 2.52. The summed E-state index contributed by atoms with van der Waals surface area (Å²) in [5, 5.41) is 2.45. The van der Waals surface area contributed by atoms with Crippen molar-refractivity contribution in [1.82, 2.24) is 10.0 Å². The quantitative estimate of drug-likeness (QED) is 0.858. The van der Waals surface area contributed by atoms with Crippen molar-refractivity contribution in [1.29, 1.82) is 0 Å². The maximum Gasteiger partial charge on any atom is 0.244 e. The molecule has 1 aromatic carbocycles. The number of hydrogen-bond acceptors (Lipinski definition) is 3. The number of nitrogens with one attached hydrogen (secondary N) is 2. The maximum atomic E-state index is 12.0. The molecule has 9 heteroatoms. The van der Waals surface area contributed by atoms with Crippen molar-refractivity contribution in [2.24, 2.45) is 0 Å². The molecule has 0 heterocycles. The largest absolute Gasteiger partial charge is 0.355 e. The molecule has 0 saturated heterocycles. The summed E-state index contributed by atoms with van der Waals surface area (Å²) in [6.07, 6.45) is 0. The number of rotatable bonds is 5. The first-order valence-corrected chi connectivity index (χ1v) is 7.80. The molecule has 1 rings (SSSR count). The van der Waals surface area contributed by atoms with Crippen LogP contribution in [-0.2, 0) is 14.8 Å². The minimum absolute atomic E-state index is 0.110. The summed E-state index contributed by atoms with van der Waals surface area (Å²) in [5.41, 5.74) is 0. The minimum Gasteiger partial charge on any atom is -0.355 e. The lowest BCUT2D eigenvalue weighted by molar-refractivity contribution is -0.119. The van der Waals surface area contributed by atoms with Gasteiger partial charge in [0.15, 0.2) is 0 Å². The van der Waals surface area contributed by atoms with Crippen LogP contribution in [0.15, 0.2) is 17.0 Å². The number of benzene rings is 1. The van der Waals surface area contributed by atoms with Gasteiger partial charge in [-0.2, -0.15) is 0 Å². The molecule has 1 amide bonds. The molecule has 1 aromatic rings. The van der Waals surface area contributed by atoms with Gasteiger partial charge in [0.25, 0.3) is 0 Å². The Labute approximate surface area is 126 Å². The summed E-state index contributed by atoms with van der Waals surface area (Å²) in [4.78, 5) is 10.9. The van der Waals surface area contributed by atoms with Crippen LogP contribution in [0.4, 0.5) is 0 Å². The highest BCUT2D eigenvalue weighted by molar-refractivity contribution is 7.89. The van der Waals surface area contributed by atoms with Gasteiger partial charge in [0.05, 0.1) is 16.6 Å². The smallest absolute Gasteiger partial charge is 0.244 e. The molecular formula is C10H11Cl3N2O3S. The van der Waals surface area contributed by atoms with Gasteiger partial charge in [-0.05, 0) is 19.1 Å². The number of carbonyl (C=O) groups is 1. The molecule has 0 aliphatic rings. The minimum atomic E-state index is -3.99. The lowest BCUT2D eigenvalue weighted by Gasteiger charge is -2.10. The molecule has 0 saturated carbocycles. The lowest BCUT2D eigenvalue weighted by Crippen LogP contribution is -2.36.